The molecule has 0 unspecified atom stereocenters. The molecule has 0 aliphatic carbocycles. The number of phenolic OH excluding ortho intramolecular Hbond substituents is 1. The number of aromatic hydroxyl groups is 1. The van der Waals surface area contributed by atoms with Crippen LogP contribution in [-0.4, -0.2) is 5.11 Å². The van der Waals surface area contributed by atoms with Crippen LogP contribution < -0.4 is 5.73 Å². The molecule has 3 heteroatoms. The van der Waals surface area contributed by atoms with Crippen LogP contribution in [0.2, 0.25) is 0 Å². The molecule has 1 heterocycles. The third kappa shape index (κ3) is 0.851. The Morgan fingerprint density at radius 1 is 1.27 bits per heavy atom. The van der Waals surface area contributed by atoms with E-state index in [9.17, 15) is 5.11 Å². The van der Waals surface area contributed by atoms with Gasteiger partial charge in [0.25, 0.3) is 0 Å². The Kier molecular flexibility index (Phi) is 1.26. The topological polar surface area (TPSA) is 46.2 Å². The quantitative estimate of drug-likeness (QED) is 0.464. The van der Waals surface area contributed by atoms with Crippen molar-refractivity contribution in [1.82, 2.24) is 0 Å². The van der Waals surface area contributed by atoms with Gasteiger partial charge in [-0.2, -0.15) is 0 Å². The van der Waals surface area contributed by atoms with Crippen molar-refractivity contribution in [3.63, 3.8) is 0 Å². The second-order valence-electron chi connectivity index (χ2n) is 2.34. The first-order valence-corrected chi connectivity index (χ1v) is 4.11. The third-order valence-corrected chi connectivity index (χ3v) is 2.59. The maximum atomic E-state index is 9.34. The number of nitrogens with two attached hydrogens (primary N) is 1. The summed E-state index contributed by atoms with van der Waals surface area (Å²) in [4.78, 5) is 0. The number of anilines is 1. The molecule has 0 saturated heterocycles. The van der Waals surface area contributed by atoms with Crippen LogP contribution >= 0.6 is 11.3 Å². The fourth-order valence-electron chi connectivity index (χ4n) is 1.07. The maximum absolute atomic E-state index is 9.34. The SMILES string of the molecule is Nc1ccc(O)c2ccsc12. The van der Waals surface area contributed by atoms with Crippen molar-refractivity contribution in [2.45, 2.75) is 0 Å². The van der Waals surface area contributed by atoms with E-state index in [1.807, 2.05) is 11.4 Å². The molecule has 1 aromatic carbocycles. The average molecular weight is 165 g/mol. The fraction of sp³-hybridized carbons (Fsp3) is 0. The Morgan fingerprint density at radius 2 is 2.09 bits per heavy atom. The Morgan fingerprint density at radius 3 is 2.82 bits per heavy atom. The fourth-order valence-corrected chi connectivity index (χ4v) is 1.91. The van der Waals surface area contributed by atoms with Gasteiger partial charge in [0.1, 0.15) is 5.75 Å². The van der Waals surface area contributed by atoms with Crippen molar-refractivity contribution in [1.29, 1.82) is 0 Å². The highest BCUT2D eigenvalue weighted by Gasteiger charge is 2.02. The predicted molar refractivity (Wildman–Crippen MR) is 47.9 cm³/mol. The zero-order valence-electron chi connectivity index (χ0n) is 5.74. The molecule has 0 radical (unpaired) electrons. The Bertz CT molecular complexity index is 358. The summed E-state index contributed by atoms with van der Waals surface area (Å²) < 4.78 is 0.963. The smallest absolute Gasteiger partial charge is 0.124 e. The lowest BCUT2D eigenvalue weighted by molar-refractivity contribution is 0.482. The second-order valence-corrected chi connectivity index (χ2v) is 3.25. The highest BCUT2D eigenvalue weighted by atomic mass is 32.1. The summed E-state index contributed by atoms with van der Waals surface area (Å²) in [5.74, 6) is 0.301. The Hall–Kier alpha value is -1.22. The number of hydrogen-bond donors (Lipinski definition) is 2. The summed E-state index contributed by atoms with van der Waals surface area (Å²) in [5.41, 5.74) is 6.40. The highest BCUT2D eigenvalue weighted by Crippen LogP contribution is 2.32. The second kappa shape index (κ2) is 2.13. The molecule has 0 aliphatic heterocycles. The normalized spacial score (nSPS) is 10.5. The molecule has 3 N–H and O–H groups in total. The minimum absolute atomic E-state index is 0.301. The molecule has 0 bridgehead atoms. The first-order chi connectivity index (χ1) is 5.29. The molecule has 11 heavy (non-hydrogen) atoms. The van der Waals surface area contributed by atoms with Crippen LogP contribution in [0.4, 0.5) is 5.69 Å². The van der Waals surface area contributed by atoms with Gasteiger partial charge in [-0.05, 0) is 23.6 Å². The van der Waals surface area contributed by atoms with Gasteiger partial charge < -0.3 is 10.8 Å². The minimum Gasteiger partial charge on any atom is -0.507 e. The minimum atomic E-state index is 0.301. The first-order valence-electron chi connectivity index (χ1n) is 3.23. The summed E-state index contributed by atoms with van der Waals surface area (Å²) in [6.07, 6.45) is 0. The van der Waals surface area contributed by atoms with Gasteiger partial charge in [-0.3, -0.25) is 0 Å². The van der Waals surface area contributed by atoms with E-state index in [2.05, 4.69) is 0 Å². The van der Waals surface area contributed by atoms with Gasteiger partial charge in [0.05, 0.1) is 4.70 Å². The molecule has 0 atom stereocenters. The van der Waals surface area contributed by atoms with Gasteiger partial charge in [-0.25, -0.2) is 0 Å². The van der Waals surface area contributed by atoms with Crippen molar-refractivity contribution in [2.75, 3.05) is 5.73 Å². The van der Waals surface area contributed by atoms with Crippen molar-refractivity contribution >= 4 is 27.1 Å². The van der Waals surface area contributed by atoms with Crippen LogP contribution in [0.15, 0.2) is 23.6 Å². The largest absolute Gasteiger partial charge is 0.507 e. The summed E-state index contributed by atoms with van der Waals surface area (Å²) in [7, 11) is 0. The number of fused-ring (bicyclic) bond motifs is 1. The van der Waals surface area contributed by atoms with Gasteiger partial charge in [-0.1, -0.05) is 0 Å². The van der Waals surface area contributed by atoms with E-state index in [0.29, 0.717) is 5.75 Å². The van der Waals surface area contributed by atoms with E-state index in [-0.39, 0.29) is 0 Å². The van der Waals surface area contributed by atoms with E-state index in [1.54, 1.807) is 23.5 Å². The van der Waals surface area contributed by atoms with Gasteiger partial charge in [-0.15, -0.1) is 11.3 Å². The molecular formula is C8H7NOS. The van der Waals surface area contributed by atoms with E-state index < -0.39 is 0 Å². The number of benzene rings is 1. The van der Waals surface area contributed by atoms with Crippen molar-refractivity contribution in [2.24, 2.45) is 0 Å². The molecule has 0 spiro atoms. The Labute approximate surface area is 67.9 Å². The van der Waals surface area contributed by atoms with Gasteiger partial charge in [0, 0.05) is 11.1 Å². The van der Waals surface area contributed by atoms with E-state index in [1.165, 1.54) is 0 Å². The molecule has 0 saturated carbocycles. The molecular weight excluding hydrogens is 158 g/mol. The zero-order valence-corrected chi connectivity index (χ0v) is 6.56. The molecule has 0 fully saturated rings. The zero-order chi connectivity index (χ0) is 7.84. The number of hydrogen-bond acceptors (Lipinski definition) is 3. The lowest BCUT2D eigenvalue weighted by Gasteiger charge is -1.96. The summed E-state index contributed by atoms with van der Waals surface area (Å²) in [5, 5.41) is 12.1. The number of nitrogen functional groups attached to an aromatic ring is 1. The molecule has 2 aromatic rings. The molecule has 0 amide bonds. The standard InChI is InChI=1S/C8H7NOS/c9-6-1-2-7(10)5-3-4-11-8(5)6/h1-4,10H,9H2. The molecule has 2 rings (SSSR count). The van der Waals surface area contributed by atoms with Gasteiger partial charge in [0.15, 0.2) is 0 Å². The summed E-state index contributed by atoms with van der Waals surface area (Å²) >= 11 is 1.54. The van der Waals surface area contributed by atoms with Crippen LogP contribution in [0.25, 0.3) is 10.1 Å². The van der Waals surface area contributed by atoms with Gasteiger partial charge in [0.2, 0.25) is 0 Å². The summed E-state index contributed by atoms with van der Waals surface area (Å²) in [6, 6.07) is 5.20. The average Bonchev–Trinajstić information content (AvgIpc) is 2.45. The van der Waals surface area contributed by atoms with Crippen LogP contribution in [0.5, 0.6) is 5.75 Å². The van der Waals surface area contributed by atoms with Crippen molar-refractivity contribution in [3.05, 3.63) is 23.6 Å². The summed E-state index contributed by atoms with van der Waals surface area (Å²) in [6.45, 7) is 0. The molecule has 0 aliphatic rings. The third-order valence-electron chi connectivity index (χ3n) is 1.62. The van der Waals surface area contributed by atoms with Crippen molar-refractivity contribution < 1.29 is 5.11 Å². The molecule has 2 nitrogen and oxygen atoms in total. The number of thiophene rings is 1. The first kappa shape index (κ1) is 6.49. The number of rotatable bonds is 0. The monoisotopic (exact) mass is 165 g/mol. The molecule has 1 aromatic heterocycles. The van der Waals surface area contributed by atoms with Crippen LogP contribution in [0.1, 0.15) is 0 Å². The van der Waals surface area contributed by atoms with Crippen LogP contribution in [-0.2, 0) is 0 Å². The van der Waals surface area contributed by atoms with E-state index in [0.717, 1.165) is 15.8 Å². The Balaban J connectivity index is 2.96. The predicted octanol–water partition coefficient (Wildman–Crippen LogP) is 2.19. The lowest BCUT2D eigenvalue weighted by Crippen LogP contribution is -1.82. The van der Waals surface area contributed by atoms with Crippen LogP contribution in [0.3, 0.4) is 0 Å². The van der Waals surface area contributed by atoms with E-state index >= 15 is 0 Å². The van der Waals surface area contributed by atoms with Crippen molar-refractivity contribution in [3.8, 4) is 5.75 Å². The highest BCUT2D eigenvalue weighted by molar-refractivity contribution is 7.17. The lowest BCUT2D eigenvalue weighted by atomic mass is 10.2. The molecule has 56 valence electrons. The van der Waals surface area contributed by atoms with Crippen LogP contribution in [0, 0.1) is 0 Å². The maximum Gasteiger partial charge on any atom is 0.124 e. The number of phenols is 1. The van der Waals surface area contributed by atoms with E-state index in [4.69, 9.17) is 5.73 Å². The van der Waals surface area contributed by atoms with Gasteiger partial charge >= 0.3 is 0 Å².